The molecule has 0 radical (unpaired) electrons. The van der Waals surface area contributed by atoms with Gasteiger partial charge in [-0.3, -0.25) is 4.40 Å². The van der Waals surface area contributed by atoms with E-state index in [2.05, 4.69) is 31.2 Å². The Labute approximate surface area is 162 Å². The zero-order valence-electron chi connectivity index (χ0n) is 16.5. The molecule has 4 aromatic rings. The molecule has 3 aromatic heterocycles. The molecule has 0 fully saturated rings. The topological polar surface area (TPSA) is 81.7 Å². The molecule has 1 N–H and O–H groups in total. The van der Waals surface area contributed by atoms with Crippen LogP contribution in [-0.4, -0.2) is 33.2 Å². The zero-order chi connectivity index (χ0) is 20.1. The lowest BCUT2D eigenvalue weighted by Gasteiger charge is -2.22. The summed E-state index contributed by atoms with van der Waals surface area (Å²) < 4.78 is 12.1. The average Bonchev–Trinajstić information content (AvgIpc) is 3.20. The number of aromatic nitrogens is 3. The predicted molar refractivity (Wildman–Crippen MR) is 108 cm³/mol. The van der Waals surface area contributed by atoms with Crippen molar-refractivity contribution in [3.8, 4) is 11.3 Å². The maximum atomic E-state index is 11.9. The van der Waals surface area contributed by atoms with Gasteiger partial charge in [0.2, 0.25) is 0 Å². The SMILES string of the molecule is COC(=O)c1ccn2c(NC(C)(C)C)c(-c3ccc4onc(C)c4c3)nc2c1. The van der Waals surface area contributed by atoms with Crippen LogP contribution in [0.4, 0.5) is 5.82 Å². The second-order valence-electron chi connectivity index (χ2n) is 7.80. The van der Waals surface area contributed by atoms with Crippen molar-refractivity contribution in [3.05, 3.63) is 47.8 Å². The summed E-state index contributed by atoms with van der Waals surface area (Å²) in [6, 6.07) is 9.34. The van der Waals surface area contributed by atoms with Crippen LogP contribution in [0, 0.1) is 6.92 Å². The summed E-state index contributed by atoms with van der Waals surface area (Å²) in [4.78, 5) is 16.7. The van der Waals surface area contributed by atoms with Crippen molar-refractivity contribution in [1.29, 1.82) is 0 Å². The molecule has 0 amide bonds. The molecule has 0 saturated heterocycles. The highest BCUT2D eigenvalue weighted by Gasteiger charge is 2.21. The Morgan fingerprint density at radius 3 is 2.71 bits per heavy atom. The van der Waals surface area contributed by atoms with Gasteiger partial charge in [-0.25, -0.2) is 9.78 Å². The molecule has 0 spiro atoms. The number of carbonyl (C=O) groups excluding carboxylic acids is 1. The Morgan fingerprint density at radius 1 is 1.21 bits per heavy atom. The highest BCUT2D eigenvalue weighted by molar-refractivity contribution is 5.91. The van der Waals surface area contributed by atoms with Gasteiger partial charge in [-0.2, -0.15) is 0 Å². The van der Waals surface area contributed by atoms with Crippen LogP contribution in [0.25, 0.3) is 27.9 Å². The van der Waals surface area contributed by atoms with Crippen molar-refractivity contribution < 1.29 is 14.1 Å². The summed E-state index contributed by atoms with van der Waals surface area (Å²) in [7, 11) is 1.37. The molecular weight excluding hydrogens is 356 g/mol. The molecule has 0 bridgehead atoms. The molecule has 3 heterocycles. The third-order valence-electron chi connectivity index (χ3n) is 4.46. The molecule has 0 aliphatic rings. The van der Waals surface area contributed by atoms with Gasteiger partial charge in [-0.1, -0.05) is 5.16 Å². The fraction of sp³-hybridized carbons (Fsp3) is 0.286. The van der Waals surface area contributed by atoms with E-state index in [0.717, 1.165) is 33.7 Å². The Balaban J connectivity index is 1.94. The number of fused-ring (bicyclic) bond motifs is 2. The maximum absolute atomic E-state index is 11.9. The fourth-order valence-corrected chi connectivity index (χ4v) is 3.17. The first-order valence-corrected chi connectivity index (χ1v) is 9.02. The number of anilines is 1. The van der Waals surface area contributed by atoms with Crippen molar-refractivity contribution in [3.63, 3.8) is 0 Å². The molecule has 0 unspecified atom stereocenters. The molecule has 7 nitrogen and oxygen atoms in total. The third kappa shape index (κ3) is 3.09. The van der Waals surface area contributed by atoms with Crippen molar-refractivity contribution in [1.82, 2.24) is 14.5 Å². The summed E-state index contributed by atoms with van der Waals surface area (Å²) in [6.07, 6.45) is 1.83. The summed E-state index contributed by atoms with van der Waals surface area (Å²) in [5.41, 5.74) is 4.24. The number of pyridine rings is 1. The highest BCUT2D eigenvalue weighted by atomic mass is 16.5. The number of nitrogens with zero attached hydrogens (tertiary/aromatic N) is 3. The van der Waals surface area contributed by atoms with Gasteiger partial charge in [-0.05, 0) is 58.0 Å². The summed E-state index contributed by atoms with van der Waals surface area (Å²) >= 11 is 0. The van der Waals surface area contributed by atoms with E-state index in [1.54, 1.807) is 12.1 Å². The van der Waals surface area contributed by atoms with E-state index >= 15 is 0 Å². The van der Waals surface area contributed by atoms with Gasteiger partial charge < -0.3 is 14.6 Å². The Morgan fingerprint density at radius 2 is 2.00 bits per heavy atom. The Bertz CT molecular complexity index is 1200. The minimum absolute atomic E-state index is 0.178. The number of hydrogen-bond acceptors (Lipinski definition) is 6. The van der Waals surface area contributed by atoms with Crippen LogP contribution in [0.2, 0.25) is 0 Å². The van der Waals surface area contributed by atoms with Gasteiger partial charge in [0.15, 0.2) is 5.58 Å². The standard InChI is InChI=1S/C21H22N4O3/c1-12-15-10-13(6-7-16(15)28-24-12)18-19(23-21(2,3)4)25-9-8-14(20(26)27-5)11-17(25)22-18/h6-11,23H,1-5H3. The number of carbonyl (C=O) groups is 1. The van der Waals surface area contributed by atoms with E-state index < -0.39 is 0 Å². The summed E-state index contributed by atoms with van der Waals surface area (Å²) in [5.74, 6) is 0.464. The quantitative estimate of drug-likeness (QED) is 0.531. The van der Waals surface area contributed by atoms with Gasteiger partial charge in [0.1, 0.15) is 17.2 Å². The second kappa shape index (κ2) is 6.37. The number of rotatable bonds is 3. The second-order valence-corrected chi connectivity index (χ2v) is 7.80. The van der Waals surface area contributed by atoms with Crippen LogP contribution in [0.5, 0.6) is 0 Å². The Hall–Kier alpha value is -3.35. The highest BCUT2D eigenvalue weighted by Crippen LogP contribution is 2.33. The van der Waals surface area contributed by atoms with Gasteiger partial charge in [0.25, 0.3) is 0 Å². The lowest BCUT2D eigenvalue weighted by Crippen LogP contribution is -2.27. The lowest BCUT2D eigenvalue weighted by molar-refractivity contribution is 0.0600. The molecule has 144 valence electrons. The molecule has 28 heavy (non-hydrogen) atoms. The van der Waals surface area contributed by atoms with E-state index in [0.29, 0.717) is 11.2 Å². The number of ether oxygens (including phenoxy) is 1. The Kier molecular flexibility index (Phi) is 4.10. The van der Waals surface area contributed by atoms with E-state index in [9.17, 15) is 4.79 Å². The molecule has 0 saturated carbocycles. The molecule has 4 rings (SSSR count). The predicted octanol–water partition coefficient (Wildman–Crippen LogP) is 4.45. The number of aryl methyl sites for hydroxylation is 1. The van der Waals surface area contributed by atoms with Crippen LogP contribution < -0.4 is 5.32 Å². The first-order chi connectivity index (χ1) is 13.3. The minimum Gasteiger partial charge on any atom is -0.465 e. The first-order valence-electron chi connectivity index (χ1n) is 9.02. The van der Waals surface area contributed by atoms with Crippen LogP contribution in [0.1, 0.15) is 36.8 Å². The monoisotopic (exact) mass is 378 g/mol. The first kappa shape index (κ1) is 18.0. The molecule has 0 aliphatic carbocycles. The van der Waals surface area contributed by atoms with Crippen molar-refractivity contribution in [2.24, 2.45) is 0 Å². The smallest absolute Gasteiger partial charge is 0.338 e. The van der Waals surface area contributed by atoms with Gasteiger partial charge in [0.05, 0.1) is 18.4 Å². The number of esters is 1. The maximum Gasteiger partial charge on any atom is 0.338 e. The number of benzene rings is 1. The number of hydrogen-bond donors (Lipinski definition) is 1. The van der Waals surface area contributed by atoms with Crippen LogP contribution in [0.15, 0.2) is 41.1 Å². The van der Waals surface area contributed by atoms with Gasteiger partial charge in [-0.15, -0.1) is 0 Å². The van der Waals surface area contributed by atoms with Crippen LogP contribution in [-0.2, 0) is 4.74 Å². The van der Waals surface area contributed by atoms with Crippen LogP contribution >= 0.6 is 0 Å². The number of imidazole rings is 1. The summed E-state index contributed by atoms with van der Waals surface area (Å²) in [5, 5.41) is 8.51. The van der Waals surface area contributed by atoms with Crippen LogP contribution in [0.3, 0.4) is 0 Å². The summed E-state index contributed by atoms with van der Waals surface area (Å²) in [6.45, 7) is 8.18. The number of methoxy groups -OCH3 is 1. The number of nitrogens with one attached hydrogen (secondary N) is 1. The molecule has 0 aliphatic heterocycles. The van der Waals surface area contributed by atoms with Crippen molar-refractivity contribution in [2.45, 2.75) is 33.2 Å². The molecule has 0 atom stereocenters. The van der Waals surface area contributed by atoms with Crippen molar-refractivity contribution in [2.75, 3.05) is 12.4 Å². The van der Waals surface area contributed by atoms with E-state index in [4.69, 9.17) is 14.2 Å². The van der Waals surface area contributed by atoms with E-state index in [1.807, 2.05) is 35.7 Å². The van der Waals surface area contributed by atoms with Crippen molar-refractivity contribution >= 4 is 28.4 Å². The third-order valence-corrected chi connectivity index (χ3v) is 4.46. The normalized spacial score (nSPS) is 11.9. The molecule has 7 heteroatoms. The zero-order valence-corrected chi connectivity index (χ0v) is 16.5. The average molecular weight is 378 g/mol. The lowest BCUT2D eigenvalue weighted by atomic mass is 10.1. The van der Waals surface area contributed by atoms with E-state index in [1.165, 1.54) is 7.11 Å². The largest absolute Gasteiger partial charge is 0.465 e. The minimum atomic E-state index is -0.390. The molecular formula is C21H22N4O3. The molecule has 1 aromatic carbocycles. The fourth-order valence-electron chi connectivity index (χ4n) is 3.17. The van der Waals surface area contributed by atoms with Gasteiger partial charge >= 0.3 is 5.97 Å². The van der Waals surface area contributed by atoms with E-state index in [-0.39, 0.29) is 11.5 Å². The van der Waals surface area contributed by atoms with Gasteiger partial charge in [0, 0.05) is 22.7 Å².